The SMILES string of the molecule is C=CCC(C)C(C)NC(C)(CO)CO. The highest BCUT2D eigenvalue weighted by Crippen LogP contribution is 2.12. The van der Waals surface area contributed by atoms with Crippen molar-refractivity contribution in [2.75, 3.05) is 13.2 Å². The summed E-state index contributed by atoms with van der Waals surface area (Å²) in [6.45, 7) is 9.55. The number of hydrogen-bond donors (Lipinski definition) is 3. The summed E-state index contributed by atoms with van der Waals surface area (Å²) >= 11 is 0. The van der Waals surface area contributed by atoms with Gasteiger partial charge in [0.2, 0.25) is 0 Å². The quantitative estimate of drug-likeness (QED) is 0.537. The van der Waals surface area contributed by atoms with Gasteiger partial charge in [0.25, 0.3) is 0 Å². The maximum absolute atomic E-state index is 9.10. The van der Waals surface area contributed by atoms with Crippen molar-refractivity contribution >= 4 is 0 Å². The number of aliphatic hydroxyl groups is 2. The van der Waals surface area contributed by atoms with Gasteiger partial charge in [-0.3, -0.25) is 0 Å². The molecule has 0 radical (unpaired) electrons. The van der Waals surface area contributed by atoms with Crippen LogP contribution in [-0.4, -0.2) is 35.0 Å². The highest BCUT2D eigenvalue weighted by molar-refractivity contribution is 4.87. The fourth-order valence-electron chi connectivity index (χ4n) is 1.30. The summed E-state index contributed by atoms with van der Waals surface area (Å²) in [4.78, 5) is 0. The molecule has 2 unspecified atom stereocenters. The van der Waals surface area contributed by atoms with E-state index in [-0.39, 0.29) is 19.3 Å². The normalized spacial score (nSPS) is 16.4. The van der Waals surface area contributed by atoms with E-state index in [0.29, 0.717) is 5.92 Å². The first kappa shape index (κ1) is 13.6. The highest BCUT2D eigenvalue weighted by atomic mass is 16.3. The Morgan fingerprint density at radius 1 is 1.36 bits per heavy atom. The van der Waals surface area contributed by atoms with Crippen LogP contribution in [0, 0.1) is 5.92 Å². The Morgan fingerprint density at radius 3 is 2.21 bits per heavy atom. The zero-order chi connectivity index (χ0) is 11.2. The van der Waals surface area contributed by atoms with Gasteiger partial charge < -0.3 is 15.5 Å². The minimum Gasteiger partial charge on any atom is -0.394 e. The van der Waals surface area contributed by atoms with Crippen molar-refractivity contribution in [1.82, 2.24) is 5.32 Å². The van der Waals surface area contributed by atoms with Gasteiger partial charge in [0.15, 0.2) is 0 Å². The van der Waals surface area contributed by atoms with Gasteiger partial charge in [0, 0.05) is 6.04 Å². The van der Waals surface area contributed by atoms with E-state index in [4.69, 9.17) is 10.2 Å². The smallest absolute Gasteiger partial charge is 0.0633 e. The van der Waals surface area contributed by atoms with Gasteiger partial charge in [0.05, 0.1) is 18.8 Å². The molecule has 0 heterocycles. The van der Waals surface area contributed by atoms with E-state index >= 15 is 0 Å². The molecule has 84 valence electrons. The Bertz CT molecular complexity index is 167. The van der Waals surface area contributed by atoms with E-state index in [1.54, 1.807) is 0 Å². The predicted octanol–water partition coefficient (Wildman–Crippen LogP) is 0.920. The molecule has 0 aromatic rings. The van der Waals surface area contributed by atoms with Crippen molar-refractivity contribution in [2.24, 2.45) is 5.92 Å². The lowest BCUT2D eigenvalue weighted by molar-refractivity contribution is 0.0892. The fourth-order valence-corrected chi connectivity index (χ4v) is 1.30. The van der Waals surface area contributed by atoms with Crippen LogP contribution in [0.15, 0.2) is 12.7 Å². The Hall–Kier alpha value is -0.380. The van der Waals surface area contributed by atoms with E-state index in [0.717, 1.165) is 6.42 Å². The van der Waals surface area contributed by atoms with Crippen LogP contribution in [-0.2, 0) is 0 Å². The Kier molecular flexibility index (Phi) is 6.00. The molecule has 14 heavy (non-hydrogen) atoms. The van der Waals surface area contributed by atoms with E-state index in [1.165, 1.54) is 0 Å². The van der Waals surface area contributed by atoms with Crippen LogP contribution in [0.25, 0.3) is 0 Å². The van der Waals surface area contributed by atoms with Crippen molar-refractivity contribution in [3.63, 3.8) is 0 Å². The maximum Gasteiger partial charge on any atom is 0.0633 e. The molecule has 0 saturated heterocycles. The summed E-state index contributed by atoms with van der Waals surface area (Å²) in [5, 5.41) is 21.4. The molecule has 0 bridgehead atoms. The van der Waals surface area contributed by atoms with Gasteiger partial charge in [-0.2, -0.15) is 0 Å². The van der Waals surface area contributed by atoms with Crippen molar-refractivity contribution in [2.45, 2.75) is 38.8 Å². The van der Waals surface area contributed by atoms with Gasteiger partial charge >= 0.3 is 0 Å². The standard InChI is InChI=1S/C11H23NO2/c1-5-6-9(2)10(3)12-11(4,7-13)8-14/h5,9-10,12-14H,1,6-8H2,2-4H3. The van der Waals surface area contributed by atoms with E-state index in [2.05, 4.69) is 25.7 Å². The third-order valence-corrected chi connectivity index (χ3v) is 2.67. The Balaban J connectivity index is 4.14. The second-order valence-electron chi connectivity index (χ2n) is 4.31. The lowest BCUT2D eigenvalue weighted by atomic mass is 9.95. The highest BCUT2D eigenvalue weighted by Gasteiger charge is 2.25. The Morgan fingerprint density at radius 2 is 1.86 bits per heavy atom. The van der Waals surface area contributed by atoms with Crippen LogP contribution >= 0.6 is 0 Å². The number of nitrogens with one attached hydrogen (secondary N) is 1. The van der Waals surface area contributed by atoms with Crippen LogP contribution < -0.4 is 5.32 Å². The average molecular weight is 201 g/mol. The van der Waals surface area contributed by atoms with E-state index < -0.39 is 5.54 Å². The fraction of sp³-hybridized carbons (Fsp3) is 0.818. The molecule has 0 spiro atoms. The summed E-state index contributed by atoms with van der Waals surface area (Å²) in [7, 11) is 0. The third kappa shape index (κ3) is 4.22. The molecular weight excluding hydrogens is 178 g/mol. The van der Waals surface area contributed by atoms with Crippen LogP contribution in [0.4, 0.5) is 0 Å². The Labute approximate surface area is 86.8 Å². The first-order chi connectivity index (χ1) is 6.49. The lowest BCUT2D eigenvalue weighted by Gasteiger charge is -2.32. The summed E-state index contributed by atoms with van der Waals surface area (Å²) < 4.78 is 0. The van der Waals surface area contributed by atoms with Gasteiger partial charge in [-0.25, -0.2) is 0 Å². The van der Waals surface area contributed by atoms with Gasteiger partial charge in [-0.05, 0) is 26.2 Å². The molecule has 0 aliphatic rings. The third-order valence-electron chi connectivity index (χ3n) is 2.67. The monoisotopic (exact) mass is 201 g/mol. The van der Waals surface area contributed by atoms with Gasteiger partial charge in [0.1, 0.15) is 0 Å². The van der Waals surface area contributed by atoms with E-state index in [9.17, 15) is 0 Å². The number of aliphatic hydroxyl groups excluding tert-OH is 2. The first-order valence-electron chi connectivity index (χ1n) is 5.09. The van der Waals surface area contributed by atoms with Crippen molar-refractivity contribution in [1.29, 1.82) is 0 Å². The molecule has 3 nitrogen and oxygen atoms in total. The topological polar surface area (TPSA) is 52.5 Å². The zero-order valence-corrected chi connectivity index (χ0v) is 9.45. The molecule has 0 aromatic carbocycles. The molecule has 0 saturated carbocycles. The van der Waals surface area contributed by atoms with Crippen molar-refractivity contribution in [3.8, 4) is 0 Å². The number of hydrogen-bond acceptors (Lipinski definition) is 3. The second kappa shape index (κ2) is 6.17. The molecule has 0 aliphatic heterocycles. The summed E-state index contributed by atoms with van der Waals surface area (Å²) in [6, 6.07) is 0.248. The molecule has 0 amide bonds. The number of allylic oxidation sites excluding steroid dienone is 1. The van der Waals surface area contributed by atoms with Crippen molar-refractivity contribution < 1.29 is 10.2 Å². The summed E-state index contributed by atoms with van der Waals surface area (Å²) in [5.41, 5.74) is -0.588. The van der Waals surface area contributed by atoms with E-state index in [1.807, 2.05) is 13.0 Å². The molecule has 0 fully saturated rings. The van der Waals surface area contributed by atoms with Gasteiger partial charge in [-0.1, -0.05) is 13.0 Å². The number of rotatable bonds is 7. The van der Waals surface area contributed by atoms with Crippen LogP contribution in [0.5, 0.6) is 0 Å². The first-order valence-corrected chi connectivity index (χ1v) is 5.09. The van der Waals surface area contributed by atoms with Gasteiger partial charge in [-0.15, -0.1) is 6.58 Å². The largest absolute Gasteiger partial charge is 0.394 e. The molecule has 2 atom stereocenters. The minimum atomic E-state index is -0.588. The molecule has 3 heteroatoms. The molecule has 0 rings (SSSR count). The van der Waals surface area contributed by atoms with Crippen molar-refractivity contribution in [3.05, 3.63) is 12.7 Å². The van der Waals surface area contributed by atoms with Crippen LogP contribution in [0.1, 0.15) is 27.2 Å². The minimum absolute atomic E-state index is 0.0609. The maximum atomic E-state index is 9.10. The van der Waals surface area contributed by atoms with Crippen LogP contribution in [0.3, 0.4) is 0 Å². The predicted molar refractivity (Wildman–Crippen MR) is 59.2 cm³/mol. The molecule has 0 aliphatic carbocycles. The lowest BCUT2D eigenvalue weighted by Crippen LogP contribution is -2.54. The summed E-state index contributed by atoms with van der Waals surface area (Å²) in [5.74, 6) is 0.449. The zero-order valence-electron chi connectivity index (χ0n) is 9.45. The molecule has 0 aromatic heterocycles. The van der Waals surface area contributed by atoms with Crippen LogP contribution in [0.2, 0.25) is 0 Å². The molecular formula is C11H23NO2. The second-order valence-corrected chi connectivity index (χ2v) is 4.31. The molecule has 3 N–H and O–H groups in total. The summed E-state index contributed by atoms with van der Waals surface area (Å²) in [6.07, 6.45) is 2.82. The average Bonchev–Trinajstić information content (AvgIpc) is 2.18.